The third-order valence-corrected chi connectivity index (χ3v) is 7.58. The van der Waals surface area contributed by atoms with Gasteiger partial charge in [0.2, 0.25) is 5.91 Å². The predicted molar refractivity (Wildman–Crippen MR) is 101 cm³/mol. The topological polar surface area (TPSA) is 80.0 Å². The number of alkyl halides is 1. The van der Waals surface area contributed by atoms with Crippen LogP contribution in [0.4, 0.5) is 4.39 Å². The Kier molecular flexibility index (Phi) is 4.53. The number of amides is 1. The molecular weight excluding hydrogens is 375 g/mol. The minimum atomic E-state index is -0.891. The van der Waals surface area contributed by atoms with Crippen molar-refractivity contribution in [2.24, 2.45) is 0 Å². The average Bonchev–Trinajstić information content (AvgIpc) is 2.90. The number of nitriles is 1. The molecule has 8 heteroatoms. The number of halogens is 2. The SMILES string of the molecule is CC1=C(c2ccc(F)c(C#N)c2)SCC1(Cl)[C@]1(C)CC(=O)N(C)C(=N)N1. The molecule has 1 amide bonds. The fourth-order valence-corrected chi connectivity index (χ4v) is 5.36. The van der Waals surface area contributed by atoms with Gasteiger partial charge in [-0.15, -0.1) is 23.4 Å². The van der Waals surface area contributed by atoms with Crippen LogP contribution in [0.5, 0.6) is 0 Å². The molecule has 0 aromatic heterocycles. The molecule has 0 aliphatic carbocycles. The van der Waals surface area contributed by atoms with Crippen LogP contribution < -0.4 is 5.32 Å². The molecule has 136 valence electrons. The van der Waals surface area contributed by atoms with Crippen LogP contribution in [0.25, 0.3) is 4.91 Å². The third-order valence-electron chi connectivity index (χ3n) is 5.18. The van der Waals surface area contributed by atoms with E-state index in [1.807, 2.05) is 19.9 Å². The smallest absolute Gasteiger partial charge is 0.231 e. The van der Waals surface area contributed by atoms with Gasteiger partial charge in [0, 0.05) is 17.7 Å². The molecule has 0 spiro atoms. The van der Waals surface area contributed by atoms with Crippen molar-refractivity contribution < 1.29 is 9.18 Å². The van der Waals surface area contributed by atoms with Gasteiger partial charge in [0.15, 0.2) is 5.96 Å². The van der Waals surface area contributed by atoms with E-state index in [0.717, 1.165) is 16.0 Å². The summed E-state index contributed by atoms with van der Waals surface area (Å²) in [4.78, 5) is 13.5. The quantitative estimate of drug-likeness (QED) is 0.757. The molecule has 0 saturated carbocycles. The number of nitrogens with one attached hydrogen (secondary N) is 2. The van der Waals surface area contributed by atoms with Gasteiger partial charge in [0.05, 0.1) is 22.4 Å². The summed E-state index contributed by atoms with van der Waals surface area (Å²) in [6.07, 6.45) is 0.160. The van der Waals surface area contributed by atoms with E-state index in [4.69, 9.17) is 22.3 Å². The van der Waals surface area contributed by atoms with Crippen LogP contribution >= 0.6 is 23.4 Å². The number of hydrogen-bond acceptors (Lipinski definition) is 4. The molecule has 0 bridgehead atoms. The number of carbonyl (C=O) groups excluding carboxylic acids is 1. The fraction of sp³-hybridized carbons (Fsp3) is 0.389. The second-order valence-corrected chi connectivity index (χ2v) is 8.42. The van der Waals surface area contributed by atoms with Gasteiger partial charge in [-0.3, -0.25) is 15.1 Å². The first-order valence-corrected chi connectivity index (χ1v) is 9.36. The minimum absolute atomic E-state index is 0.0172. The lowest BCUT2D eigenvalue weighted by molar-refractivity contribution is -0.129. The second-order valence-electron chi connectivity index (χ2n) is 6.79. The minimum Gasteiger partial charge on any atom is -0.348 e. The third kappa shape index (κ3) is 2.68. The maximum Gasteiger partial charge on any atom is 0.231 e. The molecule has 5 nitrogen and oxygen atoms in total. The first-order chi connectivity index (χ1) is 12.1. The summed E-state index contributed by atoms with van der Waals surface area (Å²) in [5, 5.41) is 20.2. The molecule has 1 aromatic rings. The van der Waals surface area contributed by atoms with Gasteiger partial charge in [-0.1, -0.05) is 6.07 Å². The van der Waals surface area contributed by atoms with Gasteiger partial charge < -0.3 is 5.32 Å². The lowest BCUT2D eigenvalue weighted by Gasteiger charge is -2.48. The molecular formula is C18H18ClFN4OS. The van der Waals surface area contributed by atoms with Gasteiger partial charge in [-0.2, -0.15) is 5.26 Å². The zero-order valence-corrected chi connectivity index (χ0v) is 16.2. The van der Waals surface area contributed by atoms with Crippen molar-refractivity contribution in [2.75, 3.05) is 12.8 Å². The van der Waals surface area contributed by atoms with Crippen LogP contribution in [-0.4, -0.2) is 40.0 Å². The molecule has 2 aliphatic rings. The van der Waals surface area contributed by atoms with E-state index in [-0.39, 0.29) is 23.9 Å². The number of carbonyl (C=O) groups is 1. The van der Waals surface area contributed by atoms with E-state index < -0.39 is 16.2 Å². The molecule has 2 heterocycles. The molecule has 3 rings (SSSR count). The summed E-state index contributed by atoms with van der Waals surface area (Å²) >= 11 is 8.53. The lowest BCUT2D eigenvalue weighted by atomic mass is 9.77. The Morgan fingerprint density at radius 3 is 2.81 bits per heavy atom. The number of thioether (sulfide) groups is 1. The van der Waals surface area contributed by atoms with Gasteiger partial charge in [0.25, 0.3) is 0 Å². The van der Waals surface area contributed by atoms with Crippen molar-refractivity contribution in [3.8, 4) is 6.07 Å². The first kappa shape index (κ1) is 18.7. The zero-order valence-electron chi connectivity index (χ0n) is 14.6. The van der Waals surface area contributed by atoms with Crippen molar-refractivity contribution in [3.63, 3.8) is 0 Å². The zero-order chi connectivity index (χ0) is 19.3. The van der Waals surface area contributed by atoms with Crippen LogP contribution in [0.2, 0.25) is 0 Å². The second kappa shape index (κ2) is 6.29. The molecule has 1 unspecified atom stereocenters. The summed E-state index contributed by atoms with van der Waals surface area (Å²) in [5.41, 5.74) is 0.730. The van der Waals surface area contributed by atoms with Crippen LogP contribution in [0.3, 0.4) is 0 Å². The normalized spacial score (nSPS) is 29.0. The highest BCUT2D eigenvalue weighted by molar-refractivity contribution is 8.08. The van der Waals surface area contributed by atoms with Crippen molar-refractivity contribution in [3.05, 3.63) is 40.7 Å². The van der Waals surface area contributed by atoms with Crippen molar-refractivity contribution in [1.29, 1.82) is 10.7 Å². The number of benzene rings is 1. The van der Waals surface area contributed by atoms with E-state index in [0.29, 0.717) is 5.75 Å². The summed E-state index contributed by atoms with van der Waals surface area (Å²) < 4.78 is 13.6. The predicted octanol–water partition coefficient (Wildman–Crippen LogP) is 3.30. The van der Waals surface area contributed by atoms with Gasteiger partial charge in [-0.25, -0.2) is 4.39 Å². The number of hydrogen-bond donors (Lipinski definition) is 2. The number of nitrogens with zero attached hydrogens (tertiary/aromatic N) is 2. The molecule has 0 radical (unpaired) electrons. The average molecular weight is 393 g/mol. The molecule has 2 aliphatic heterocycles. The first-order valence-electron chi connectivity index (χ1n) is 7.99. The molecule has 2 N–H and O–H groups in total. The highest BCUT2D eigenvalue weighted by atomic mass is 35.5. The van der Waals surface area contributed by atoms with Crippen LogP contribution in [0, 0.1) is 22.6 Å². The van der Waals surface area contributed by atoms with Gasteiger partial charge >= 0.3 is 0 Å². The summed E-state index contributed by atoms with van der Waals surface area (Å²) in [7, 11) is 1.55. The van der Waals surface area contributed by atoms with E-state index >= 15 is 0 Å². The fourth-order valence-electron chi connectivity index (χ4n) is 3.37. The van der Waals surface area contributed by atoms with Crippen molar-refractivity contribution >= 4 is 40.1 Å². The Bertz CT molecular complexity index is 876. The molecule has 1 saturated heterocycles. The Labute approximate surface area is 160 Å². The largest absolute Gasteiger partial charge is 0.348 e. The van der Waals surface area contributed by atoms with Gasteiger partial charge in [-0.05, 0) is 37.1 Å². The highest BCUT2D eigenvalue weighted by Crippen LogP contribution is 2.53. The molecule has 2 atom stereocenters. The van der Waals surface area contributed by atoms with E-state index in [1.165, 1.54) is 28.8 Å². The van der Waals surface area contributed by atoms with Crippen LogP contribution in [-0.2, 0) is 4.79 Å². The maximum absolute atomic E-state index is 13.6. The summed E-state index contributed by atoms with van der Waals surface area (Å²) in [6.45, 7) is 3.73. The maximum atomic E-state index is 13.6. The summed E-state index contributed by atoms with van der Waals surface area (Å²) in [6, 6.07) is 6.27. The molecule has 1 aromatic carbocycles. The monoisotopic (exact) mass is 392 g/mol. The van der Waals surface area contributed by atoms with Crippen molar-refractivity contribution in [2.45, 2.75) is 30.7 Å². The standard InChI is InChI=1S/C18H18ClFN4OS/c1-10-15(11-4-5-13(20)12(6-11)8-21)26-9-18(10,19)17(2)7-14(25)24(3)16(22)23-17/h4-6H,7,9H2,1-3H3,(H2,22,23)/t17-,18?/m0/s1. The highest BCUT2D eigenvalue weighted by Gasteiger charge is 2.55. The number of rotatable bonds is 2. The van der Waals surface area contributed by atoms with E-state index in [1.54, 1.807) is 13.1 Å². The van der Waals surface area contributed by atoms with Crippen LogP contribution in [0.15, 0.2) is 23.8 Å². The Morgan fingerprint density at radius 1 is 1.50 bits per heavy atom. The molecule has 26 heavy (non-hydrogen) atoms. The lowest BCUT2D eigenvalue weighted by Crippen LogP contribution is -2.68. The van der Waals surface area contributed by atoms with E-state index in [2.05, 4.69) is 5.32 Å². The van der Waals surface area contributed by atoms with E-state index in [9.17, 15) is 9.18 Å². The Hall–Kier alpha value is -2.04. The Balaban J connectivity index is 2.04. The molecule has 1 fully saturated rings. The van der Waals surface area contributed by atoms with Crippen molar-refractivity contribution in [1.82, 2.24) is 10.2 Å². The Morgan fingerprint density at radius 2 is 2.19 bits per heavy atom. The summed E-state index contributed by atoms with van der Waals surface area (Å²) in [5.74, 6) is -0.208. The van der Waals surface area contributed by atoms with Crippen LogP contribution in [0.1, 0.15) is 31.4 Å². The van der Waals surface area contributed by atoms with Gasteiger partial charge in [0.1, 0.15) is 11.9 Å². The number of guanidine groups is 1.